The lowest BCUT2D eigenvalue weighted by atomic mass is 9.94. The average Bonchev–Trinajstić information content (AvgIpc) is 1.88. The molecule has 2 nitrogen and oxygen atoms in total. The van der Waals surface area contributed by atoms with Crippen molar-refractivity contribution in [2.45, 2.75) is 18.9 Å². The van der Waals surface area contributed by atoms with Crippen LogP contribution in [0.4, 0.5) is 0 Å². The van der Waals surface area contributed by atoms with Crippen molar-refractivity contribution in [1.29, 1.82) is 0 Å². The number of aliphatic hydroxyl groups is 1. The molecule has 0 aromatic rings. The topological polar surface area (TPSA) is 46.2 Å². The maximum absolute atomic E-state index is 9.10. The summed E-state index contributed by atoms with van der Waals surface area (Å²) in [7, 11) is 0. The van der Waals surface area contributed by atoms with Crippen molar-refractivity contribution in [2.24, 2.45) is 11.7 Å². The molecule has 9 heavy (non-hydrogen) atoms. The molecule has 0 aromatic heterocycles. The molecule has 0 aromatic carbocycles. The SMILES string of the molecule is NCC1C=CCC(O)C1. The highest BCUT2D eigenvalue weighted by Gasteiger charge is 2.12. The Hall–Kier alpha value is -0.340. The smallest absolute Gasteiger partial charge is 0.0580 e. The minimum Gasteiger partial charge on any atom is -0.393 e. The molecular weight excluding hydrogens is 114 g/mol. The summed E-state index contributed by atoms with van der Waals surface area (Å²) in [6.45, 7) is 0.660. The Morgan fingerprint density at radius 2 is 2.44 bits per heavy atom. The standard InChI is InChI=1S/C7H13NO/c8-5-6-2-1-3-7(9)4-6/h1-2,6-7,9H,3-5,8H2. The predicted molar refractivity (Wildman–Crippen MR) is 36.9 cm³/mol. The number of rotatable bonds is 1. The molecule has 0 saturated heterocycles. The van der Waals surface area contributed by atoms with Gasteiger partial charge in [-0.2, -0.15) is 0 Å². The lowest BCUT2D eigenvalue weighted by Crippen LogP contribution is -2.21. The van der Waals surface area contributed by atoms with Gasteiger partial charge < -0.3 is 10.8 Å². The van der Waals surface area contributed by atoms with Gasteiger partial charge in [0.05, 0.1) is 6.10 Å². The van der Waals surface area contributed by atoms with E-state index in [1.807, 2.05) is 6.08 Å². The Morgan fingerprint density at radius 3 is 2.89 bits per heavy atom. The van der Waals surface area contributed by atoms with Crippen LogP contribution in [0.3, 0.4) is 0 Å². The summed E-state index contributed by atoms with van der Waals surface area (Å²) in [6, 6.07) is 0. The molecule has 2 unspecified atom stereocenters. The van der Waals surface area contributed by atoms with E-state index in [1.54, 1.807) is 0 Å². The first-order valence-corrected chi connectivity index (χ1v) is 3.37. The fourth-order valence-corrected chi connectivity index (χ4v) is 1.13. The molecule has 0 heterocycles. The summed E-state index contributed by atoms with van der Waals surface area (Å²) < 4.78 is 0. The highest BCUT2D eigenvalue weighted by atomic mass is 16.3. The number of hydrogen-bond acceptors (Lipinski definition) is 2. The third-order valence-electron chi connectivity index (χ3n) is 1.69. The van der Waals surface area contributed by atoms with Crippen molar-refractivity contribution < 1.29 is 5.11 Å². The fourth-order valence-electron chi connectivity index (χ4n) is 1.13. The number of nitrogens with two attached hydrogens (primary N) is 1. The second-order valence-corrected chi connectivity index (χ2v) is 2.55. The van der Waals surface area contributed by atoms with Crippen LogP contribution >= 0.6 is 0 Å². The molecule has 0 amide bonds. The summed E-state index contributed by atoms with van der Waals surface area (Å²) >= 11 is 0. The molecule has 52 valence electrons. The minimum absolute atomic E-state index is 0.149. The summed E-state index contributed by atoms with van der Waals surface area (Å²) in [5.41, 5.74) is 5.40. The maximum Gasteiger partial charge on any atom is 0.0580 e. The van der Waals surface area contributed by atoms with Crippen molar-refractivity contribution >= 4 is 0 Å². The van der Waals surface area contributed by atoms with Crippen LogP contribution in [0.2, 0.25) is 0 Å². The van der Waals surface area contributed by atoms with Crippen molar-refractivity contribution in [1.82, 2.24) is 0 Å². The van der Waals surface area contributed by atoms with E-state index in [0.29, 0.717) is 12.5 Å². The van der Waals surface area contributed by atoms with Gasteiger partial charge in [0.1, 0.15) is 0 Å². The zero-order valence-corrected chi connectivity index (χ0v) is 5.46. The van der Waals surface area contributed by atoms with Gasteiger partial charge in [0.2, 0.25) is 0 Å². The molecular formula is C7H13NO. The molecule has 2 atom stereocenters. The van der Waals surface area contributed by atoms with Crippen molar-refractivity contribution in [2.75, 3.05) is 6.54 Å². The molecule has 0 saturated carbocycles. The van der Waals surface area contributed by atoms with Crippen LogP contribution in [-0.2, 0) is 0 Å². The lowest BCUT2D eigenvalue weighted by molar-refractivity contribution is 0.148. The van der Waals surface area contributed by atoms with E-state index in [0.717, 1.165) is 12.8 Å². The number of aliphatic hydroxyl groups excluding tert-OH is 1. The monoisotopic (exact) mass is 127 g/mol. The van der Waals surface area contributed by atoms with Gasteiger partial charge in [0.25, 0.3) is 0 Å². The molecule has 1 aliphatic rings. The third-order valence-corrected chi connectivity index (χ3v) is 1.69. The minimum atomic E-state index is -0.149. The molecule has 2 heteroatoms. The molecule has 1 aliphatic carbocycles. The Labute approximate surface area is 55.4 Å². The van der Waals surface area contributed by atoms with Gasteiger partial charge in [-0.25, -0.2) is 0 Å². The molecule has 0 aliphatic heterocycles. The second-order valence-electron chi connectivity index (χ2n) is 2.55. The first-order chi connectivity index (χ1) is 4.33. The third kappa shape index (κ3) is 1.80. The molecule has 0 spiro atoms. The van der Waals surface area contributed by atoms with Gasteiger partial charge in [0.15, 0.2) is 0 Å². The van der Waals surface area contributed by atoms with Crippen LogP contribution in [0, 0.1) is 5.92 Å². The first-order valence-electron chi connectivity index (χ1n) is 3.37. The van der Waals surface area contributed by atoms with Gasteiger partial charge >= 0.3 is 0 Å². The maximum atomic E-state index is 9.10. The average molecular weight is 127 g/mol. The Kier molecular flexibility index (Phi) is 2.25. The second kappa shape index (κ2) is 2.99. The van der Waals surface area contributed by atoms with Crippen LogP contribution in [0.1, 0.15) is 12.8 Å². The van der Waals surface area contributed by atoms with Crippen molar-refractivity contribution in [3.05, 3.63) is 12.2 Å². The molecule has 0 bridgehead atoms. The molecule has 3 N–H and O–H groups in total. The van der Waals surface area contributed by atoms with Crippen molar-refractivity contribution in [3.63, 3.8) is 0 Å². The Balaban J connectivity index is 2.39. The van der Waals surface area contributed by atoms with Gasteiger partial charge in [-0.15, -0.1) is 0 Å². The van der Waals surface area contributed by atoms with Gasteiger partial charge in [-0.1, -0.05) is 12.2 Å². The summed E-state index contributed by atoms with van der Waals surface area (Å²) in [5, 5.41) is 9.10. The van der Waals surface area contributed by atoms with E-state index >= 15 is 0 Å². The van der Waals surface area contributed by atoms with E-state index < -0.39 is 0 Å². The first kappa shape index (κ1) is 6.78. The summed E-state index contributed by atoms with van der Waals surface area (Å²) in [6.07, 6.45) is 5.59. The van der Waals surface area contributed by atoms with E-state index in [4.69, 9.17) is 10.8 Å². The Morgan fingerprint density at radius 1 is 1.67 bits per heavy atom. The van der Waals surface area contributed by atoms with Crippen LogP contribution in [0.15, 0.2) is 12.2 Å². The van der Waals surface area contributed by atoms with Gasteiger partial charge in [-0.3, -0.25) is 0 Å². The predicted octanol–water partition coefficient (Wildman–Crippen LogP) is 0.272. The van der Waals surface area contributed by atoms with E-state index in [9.17, 15) is 0 Å². The van der Waals surface area contributed by atoms with Crippen molar-refractivity contribution in [3.8, 4) is 0 Å². The zero-order chi connectivity index (χ0) is 6.69. The van der Waals surface area contributed by atoms with Crippen LogP contribution in [0.25, 0.3) is 0 Å². The molecule has 0 fully saturated rings. The zero-order valence-electron chi connectivity index (χ0n) is 5.46. The van der Waals surface area contributed by atoms with Crippen LogP contribution < -0.4 is 5.73 Å². The Bertz CT molecular complexity index is 111. The van der Waals surface area contributed by atoms with Crippen LogP contribution in [0.5, 0.6) is 0 Å². The largest absolute Gasteiger partial charge is 0.393 e. The van der Waals surface area contributed by atoms with E-state index in [-0.39, 0.29) is 6.10 Å². The van der Waals surface area contributed by atoms with Crippen LogP contribution in [-0.4, -0.2) is 17.8 Å². The van der Waals surface area contributed by atoms with E-state index in [2.05, 4.69) is 6.08 Å². The number of hydrogen-bond donors (Lipinski definition) is 2. The van der Waals surface area contributed by atoms with Gasteiger partial charge in [-0.05, 0) is 25.3 Å². The fraction of sp³-hybridized carbons (Fsp3) is 0.714. The summed E-state index contributed by atoms with van der Waals surface area (Å²) in [5.74, 6) is 0.411. The van der Waals surface area contributed by atoms with Gasteiger partial charge in [0, 0.05) is 0 Å². The molecule has 0 radical (unpaired) electrons. The molecule has 1 rings (SSSR count). The van der Waals surface area contributed by atoms with E-state index in [1.165, 1.54) is 0 Å². The normalized spacial score (nSPS) is 34.9. The quantitative estimate of drug-likeness (QED) is 0.497. The lowest BCUT2D eigenvalue weighted by Gasteiger charge is -2.18. The highest BCUT2D eigenvalue weighted by Crippen LogP contribution is 2.15. The summed E-state index contributed by atoms with van der Waals surface area (Å²) in [4.78, 5) is 0. The highest BCUT2D eigenvalue weighted by molar-refractivity contribution is 4.96.